The molecule has 0 aromatic heterocycles. The first-order valence-electron chi connectivity index (χ1n) is 5.19. The molecular weight excluding hydrogens is 198 g/mol. The topological polar surface area (TPSA) is 37.4 Å². The summed E-state index contributed by atoms with van der Waals surface area (Å²) in [6.45, 7) is 7.35. The molecule has 0 amide bonds. The molecule has 3 nitrogen and oxygen atoms in total. The van der Waals surface area contributed by atoms with Gasteiger partial charge < -0.3 is 4.90 Å². The van der Waals surface area contributed by atoms with Crippen molar-refractivity contribution in [1.29, 1.82) is 0 Å². The first-order chi connectivity index (χ1) is 6.29. The van der Waals surface area contributed by atoms with Crippen LogP contribution in [0.15, 0.2) is 0 Å². The van der Waals surface area contributed by atoms with Crippen LogP contribution in [-0.4, -0.2) is 45.0 Å². The molecule has 1 rings (SSSR count). The molecule has 0 aromatic rings. The van der Waals surface area contributed by atoms with Crippen molar-refractivity contribution in [1.82, 2.24) is 4.90 Å². The van der Waals surface area contributed by atoms with Crippen LogP contribution in [0.2, 0.25) is 0 Å². The van der Waals surface area contributed by atoms with Crippen molar-refractivity contribution in [3.63, 3.8) is 0 Å². The summed E-state index contributed by atoms with van der Waals surface area (Å²) in [5.74, 6) is 0.299. The highest BCUT2D eigenvalue weighted by Crippen LogP contribution is 2.29. The second-order valence-electron chi connectivity index (χ2n) is 5.14. The van der Waals surface area contributed by atoms with Crippen LogP contribution >= 0.6 is 0 Å². The van der Waals surface area contributed by atoms with Gasteiger partial charge in [-0.2, -0.15) is 0 Å². The third-order valence-electron chi connectivity index (χ3n) is 2.99. The molecule has 1 heterocycles. The normalized spacial score (nSPS) is 23.6. The van der Waals surface area contributed by atoms with E-state index in [0.717, 1.165) is 13.1 Å². The maximum atomic E-state index is 11.0. The maximum Gasteiger partial charge on any atom is 0.148 e. The zero-order chi connectivity index (χ0) is 10.8. The molecule has 0 saturated carbocycles. The Bertz CT molecular complexity index is 272. The number of piperidine rings is 1. The van der Waals surface area contributed by atoms with Crippen LogP contribution < -0.4 is 0 Å². The average molecular weight is 219 g/mol. The molecule has 1 saturated heterocycles. The smallest absolute Gasteiger partial charge is 0.148 e. The van der Waals surface area contributed by atoms with Gasteiger partial charge in [-0.1, -0.05) is 13.8 Å². The zero-order valence-corrected chi connectivity index (χ0v) is 10.2. The summed E-state index contributed by atoms with van der Waals surface area (Å²) in [7, 11) is -2.79. The van der Waals surface area contributed by atoms with Crippen LogP contribution in [0.25, 0.3) is 0 Å². The van der Waals surface area contributed by atoms with Gasteiger partial charge in [-0.25, -0.2) is 8.42 Å². The Morgan fingerprint density at radius 3 is 2.14 bits per heavy atom. The summed E-state index contributed by atoms with van der Waals surface area (Å²) in [6, 6.07) is 0. The largest absolute Gasteiger partial charge is 0.302 e. The summed E-state index contributed by atoms with van der Waals surface area (Å²) in [5, 5.41) is 0. The molecule has 1 aliphatic rings. The van der Waals surface area contributed by atoms with Crippen LogP contribution in [0, 0.1) is 5.41 Å². The molecule has 14 heavy (non-hydrogen) atoms. The van der Waals surface area contributed by atoms with Crippen LogP contribution in [-0.2, 0) is 9.84 Å². The molecule has 0 bridgehead atoms. The van der Waals surface area contributed by atoms with Gasteiger partial charge in [0.2, 0.25) is 0 Å². The minimum absolute atomic E-state index is 0.299. The molecule has 0 aliphatic carbocycles. The van der Waals surface area contributed by atoms with Gasteiger partial charge in [-0.3, -0.25) is 0 Å². The van der Waals surface area contributed by atoms with Crippen molar-refractivity contribution in [2.75, 3.05) is 31.6 Å². The lowest BCUT2D eigenvalue weighted by Crippen LogP contribution is -2.39. The predicted molar refractivity (Wildman–Crippen MR) is 59.2 cm³/mol. The van der Waals surface area contributed by atoms with E-state index in [1.54, 1.807) is 0 Å². The van der Waals surface area contributed by atoms with E-state index in [1.807, 2.05) is 0 Å². The quantitative estimate of drug-likeness (QED) is 0.714. The molecule has 0 spiro atoms. The highest BCUT2D eigenvalue weighted by Gasteiger charge is 2.25. The highest BCUT2D eigenvalue weighted by atomic mass is 32.2. The standard InChI is InChI=1S/C10H21NO2S/c1-10(2)4-6-11(7-5-10)8-9-14(3,12)13/h4-9H2,1-3H3. The number of nitrogens with zero attached hydrogens (tertiary/aromatic N) is 1. The Kier molecular flexibility index (Phi) is 3.58. The van der Waals surface area contributed by atoms with Crippen LogP contribution in [0.1, 0.15) is 26.7 Å². The van der Waals surface area contributed by atoms with Crippen LogP contribution in [0.5, 0.6) is 0 Å². The first kappa shape index (κ1) is 12.0. The van der Waals surface area contributed by atoms with Gasteiger partial charge >= 0.3 is 0 Å². The molecule has 4 heteroatoms. The van der Waals surface area contributed by atoms with Crippen molar-refractivity contribution < 1.29 is 8.42 Å². The highest BCUT2D eigenvalue weighted by molar-refractivity contribution is 7.90. The summed E-state index contributed by atoms with van der Waals surface area (Å²) in [5.41, 5.74) is 0.446. The number of sulfone groups is 1. The predicted octanol–water partition coefficient (Wildman–Crippen LogP) is 1.15. The molecular formula is C10H21NO2S. The van der Waals surface area contributed by atoms with Gasteiger partial charge in [0, 0.05) is 12.8 Å². The summed E-state index contributed by atoms with van der Waals surface area (Å²) >= 11 is 0. The zero-order valence-electron chi connectivity index (χ0n) is 9.41. The second-order valence-corrected chi connectivity index (χ2v) is 7.40. The average Bonchev–Trinajstić information content (AvgIpc) is 2.01. The maximum absolute atomic E-state index is 11.0. The summed E-state index contributed by atoms with van der Waals surface area (Å²) < 4.78 is 21.9. The molecule has 0 unspecified atom stereocenters. The fourth-order valence-electron chi connectivity index (χ4n) is 1.68. The van der Waals surface area contributed by atoms with E-state index >= 15 is 0 Å². The van der Waals surface area contributed by atoms with Gasteiger partial charge in [0.15, 0.2) is 0 Å². The Morgan fingerprint density at radius 1 is 1.21 bits per heavy atom. The lowest BCUT2D eigenvalue weighted by atomic mass is 9.83. The summed E-state index contributed by atoms with van der Waals surface area (Å²) in [6.07, 6.45) is 3.66. The molecule has 0 N–H and O–H groups in total. The molecule has 0 atom stereocenters. The molecule has 1 fully saturated rings. The Balaban J connectivity index is 2.30. The molecule has 84 valence electrons. The van der Waals surface area contributed by atoms with Gasteiger partial charge in [-0.05, 0) is 31.3 Å². The first-order valence-corrected chi connectivity index (χ1v) is 7.25. The Hall–Kier alpha value is -0.0900. The van der Waals surface area contributed by atoms with Crippen molar-refractivity contribution >= 4 is 9.84 Å². The summed E-state index contributed by atoms with van der Waals surface area (Å²) in [4.78, 5) is 2.26. The van der Waals surface area contributed by atoms with Crippen molar-refractivity contribution in [2.45, 2.75) is 26.7 Å². The van der Waals surface area contributed by atoms with Gasteiger partial charge in [0.05, 0.1) is 5.75 Å². The van der Waals surface area contributed by atoms with Crippen molar-refractivity contribution in [3.8, 4) is 0 Å². The number of hydrogen-bond acceptors (Lipinski definition) is 3. The van der Waals surface area contributed by atoms with E-state index < -0.39 is 9.84 Å². The fraction of sp³-hybridized carbons (Fsp3) is 1.00. The number of rotatable bonds is 3. The van der Waals surface area contributed by atoms with Gasteiger partial charge in [0.25, 0.3) is 0 Å². The molecule has 0 aromatic carbocycles. The third-order valence-corrected chi connectivity index (χ3v) is 3.91. The van der Waals surface area contributed by atoms with E-state index in [0.29, 0.717) is 17.7 Å². The van der Waals surface area contributed by atoms with E-state index in [1.165, 1.54) is 19.1 Å². The van der Waals surface area contributed by atoms with Crippen LogP contribution in [0.4, 0.5) is 0 Å². The van der Waals surface area contributed by atoms with Crippen LogP contribution in [0.3, 0.4) is 0 Å². The third kappa shape index (κ3) is 4.42. The Labute approximate surface area is 87.4 Å². The lowest BCUT2D eigenvalue weighted by Gasteiger charge is -2.36. The van der Waals surface area contributed by atoms with Crippen molar-refractivity contribution in [3.05, 3.63) is 0 Å². The molecule has 0 radical (unpaired) electrons. The van der Waals surface area contributed by atoms with Gasteiger partial charge in [-0.15, -0.1) is 0 Å². The van der Waals surface area contributed by atoms with E-state index in [2.05, 4.69) is 18.7 Å². The van der Waals surface area contributed by atoms with Crippen molar-refractivity contribution in [2.24, 2.45) is 5.41 Å². The Morgan fingerprint density at radius 2 is 1.71 bits per heavy atom. The second kappa shape index (κ2) is 4.19. The van der Waals surface area contributed by atoms with E-state index in [9.17, 15) is 8.42 Å². The lowest BCUT2D eigenvalue weighted by molar-refractivity contribution is 0.139. The minimum Gasteiger partial charge on any atom is -0.302 e. The monoisotopic (exact) mass is 219 g/mol. The number of hydrogen-bond donors (Lipinski definition) is 0. The fourth-order valence-corrected chi connectivity index (χ4v) is 2.27. The van der Waals surface area contributed by atoms with Gasteiger partial charge in [0.1, 0.15) is 9.84 Å². The number of likely N-dealkylation sites (tertiary alicyclic amines) is 1. The minimum atomic E-state index is -2.79. The molecule has 1 aliphatic heterocycles. The SMILES string of the molecule is CC1(C)CCN(CCS(C)(=O)=O)CC1. The van der Waals surface area contributed by atoms with E-state index in [-0.39, 0.29) is 0 Å². The van der Waals surface area contributed by atoms with E-state index in [4.69, 9.17) is 0 Å².